The molecule has 1 N–H and O–H groups in total. The maximum absolute atomic E-state index is 11.0. The van der Waals surface area contributed by atoms with Crippen LogP contribution in [0.1, 0.15) is 17.7 Å². The van der Waals surface area contributed by atoms with Gasteiger partial charge in [-0.25, -0.2) is 0 Å². The van der Waals surface area contributed by atoms with Gasteiger partial charge in [-0.2, -0.15) is 0 Å². The second kappa shape index (κ2) is 4.27. The van der Waals surface area contributed by atoms with E-state index in [1.807, 2.05) is 30.3 Å². The summed E-state index contributed by atoms with van der Waals surface area (Å²) in [5, 5.41) is 10.4. The van der Waals surface area contributed by atoms with E-state index in [1.54, 1.807) is 6.08 Å². The van der Waals surface area contributed by atoms with E-state index in [1.165, 1.54) is 0 Å². The van der Waals surface area contributed by atoms with Gasteiger partial charge in [-0.3, -0.25) is 4.79 Å². The largest absolute Gasteiger partial charge is 0.456 e. The van der Waals surface area contributed by atoms with Crippen LogP contribution in [0.3, 0.4) is 0 Å². The molecule has 3 nitrogen and oxygen atoms in total. The number of aldehydes is 1. The van der Waals surface area contributed by atoms with Crippen molar-refractivity contribution in [2.75, 3.05) is 0 Å². The van der Waals surface area contributed by atoms with Crippen LogP contribution in [-0.2, 0) is 11.4 Å². The third-order valence-electron chi connectivity index (χ3n) is 3.23. The number of rotatable bonds is 3. The number of carbonyl (C=O) groups excluding carboxylic acids is 1. The number of hydrogen-bond donors (Lipinski definition) is 1. The van der Waals surface area contributed by atoms with Crippen molar-refractivity contribution in [2.45, 2.75) is 13.0 Å². The van der Waals surface area contributed by atoms with Crippen LogP contribution in [0.4, 0.5) is 0 Å². The molecular weight excluding hydrogens is 228 g/mol. The molecule has 2 aromatic rings. The van der Waals surface area contributed by atoms with Gasteiger partial charge in [-0.05, 0) is 12.5 Å². The second-order valence-corrected chi connectivity index (χ2v) is 4.22. The molecule has 0 saturated carbocycles. The third kappa shape index (κ3) is 1.52. The summed E-state index contributed by atoms with van der Waals surface area (Å²) >= 11 is 0. The van der Waals surface area contributed by atoms with Gasteiger partial charge in [-0.15, -0.1) is 0 Å². The van der Waals surface area contributed by atoms with E-state index >= 15 is 0 Å². The molecule has 3 heteroatoms. The topological polar surface area (TPSA) is 50.4 Å². The van der Waals surface area contributed by atoms with Crippen LogP contribution in [0.25, 0.3) is 16.5 Å². The van der Waals surface area contributed by atoms with Gasteiger partial charge in [-0.1, -0.05) is 30.4 Å². The highest BCUT2D eigenvalue weighted by Crippen LogP contribution is 2.36. The quantitative estimate of drug-likeness (QED) is 0.839. The average Bonchev–Trinajstić information content (AvgIpc) is 3.01. The molecule has 0 radical (unpaired) electrons. The molecule has 0 saturated heterocycles. The van der Waals surface area contributed by atoms with Crippen molar-refractivity contribution < 1.29 is 14.3 Å². The van der Waals surface area contributed by atoms with Gasteiger partial charge in [0.05, 0.1) is 6.61 Å². The summed E-state index contributed by atoms with van der Waals surface area (Å²) in [4.78, 5) is 11.0. The maximum atomic E-state index is 11.0. The molecule has 0 amide bonds. The Morgan fingerprint density at radius 2 is 2.17 bits per heavy atom. The number of carbonyl (C=O) groups is 1. The van der Waals surface area contributed by atoms with Crippen LogP contribution in [0.15, 0.2) is 46.4 Å². The van der Waals surface area contributed by atoms with Crippen molar-refractivity contribution in [2.24, 2.45) is 0 Å². The molecule has 0 atom stereocenters. The average molecular weight is 240 g/mol. The highest BCUT2D eigenvalue weighted by atomic mass is 16.3. The molecule has 90 valence electrons. The van der Waals surface area contributed by atoms with Gasteiger partial charge in [0, 0.05) is 22.1 Å². The van der Waals surface area contributed by atoms with Gasteiger partial charge in [0.2, 0.25) is 0 Å². The highest BCUT2D eigenvalue weighted by Gasteiger charge is 2.20. The van der Waals surface area contributed by atoms with Crippen molar-refractivity contribution >= 4 is 22.8 Å². The lowest BCUT2D eigenvalue weighted by molar-refractivity contribution is -0.104. The number of fused-ring (bicyclic) bond motifs is 1. The number of allylic oxidation sites excluding steroid dienone is 4. The van der Waals surface area contributed by atoms with E-state index < -0.39 is 0 Å². The molecule has 1 heterocycles. The molecule has 18 heavy (non-hydrogen) atoms. The first-order valence-corrected chi connectivity index (χ1v) is 5.81. The molecule has 1 aromatic heterocycles. The fourth-order valence-corrected chi connectivity index (χ4v) is 2.36. The number of aliphatic hydroxyl groups is 1. The highest BCUT2D eigenvalue weighted by molar-refractivity contribution is 5.96. The molecule has 0 fully saturated rings. The van der Waals surface area contributed by atoms with Crippen molar-refractivity contribution in [3.05, 3.63) is 53.3 Å². The minimum absolute atomic E-state index is 0.0953. The summed E-state index contributed by atoms with van der Waals surface area (Å²) in [6.07, 6.45) is 5.21. The Morgan fingerprint density at radius 1 is 1.33 bits per heavy atom. The van der Waals surface area contributed by atoms with E-state index in [4.69, 9.17) is 4.42 Å². The number of benzene rings is 1. The van der Waals surface area contributed by atoms with Crippen LogP contribution in [0.5, 0.6) is 0 Å². The van der Waals surface area contributed by atoms with Crippen molar-refractivity contribution in [3.8, 4) is 0 Å². The minimum atomic E-state index is -0.0953. The lowest BCUT2D eigenvalue weighted by atomic mass is 10.0. The molecule has 1 aliphatic carbocycles. The summed E-state index contributed by atoms with van der Waals surface area (Å²) in [6.45, 7) is -0.0953. The summed E-state index contributed by atoms with van der Waals surface area (Å²) in [5.41, 5.74) is 2.97. The van der Waals surface area contributed by atoms with Crippen molar-refractivity contribution in [1.29, 1.82) is 0 Å². The Balaban J connectivity index is 2.27. The van der Waals surface area contributed by atoms with Gasteiger partial charge in [0.1, 0.15) is 17.6 Å². The van der Waals surface area contributed by atoms with Crippen LogP contribution >= 0.6 is 0 Å². The first-order chi connectivity index (χ1) is 8.85. The monoisotopic (exact) mass is 240 g/mol. The second-order valence-electron chi connectivity index (χ2n) is 4.22. The molecule has 0 bridgehead atoms. The van der Waals surface area contributed by atoms with Crippen molar-refractivity contribution in [3.63, 3.8) is 0 Å². The zero-order valence-electron chi connectivity index (χ0n) is 9.72. The normalized spacial score (nSPS) is 14.7. The van der Waals surface area contributed by atoms with Gasteiger partial charge in [0.15, 0.2) is 0 Å². The molecule has 1 aliphatic rings. The van der Waals surface area contributed by atoms with Crippen LogP contribution in [0, 0.1) is 0 Å². The molecule has 0 aliphatic heterocycles. The van der Waals surface area contributed by atoms with Gasteiger partial charge < -0.3 is 9.52 Å². The number of hydrogen-bond acceptors (Lipinski definition) is 3. The summed E-state index contributed by atoms with van der Waals surface area (Å²) in [6, 6.07) is 7.57. The van der Waals surface area contributed by atoms with Gasteiger partial charge in [0.25, 0.3) is 0 Å². The Hall–Kier alpha value is -2.13. The molecule has 3 rings (SSSR count). The lowest BCUT2D eigenvalue weighted by Gasteiger charge is -2.02. The summed E-state index contributed by atoms with van der Waals surface area (Å²) < 4.78 is 5.79. The van der Waals surface area contributed by atoms with E-state index in [2.05, 4.69) is 0 Å². The van der Waals surface area contributed by atoms with E-state index in [-0.39, 0.29) is 6.61 Å². The third-order valence-corrected chi connectivity index (χ3v) is 3.23. The number of aliphatic hydroxyl groups excluding tert-OH is 1. The van der Waals surface area contributed by atoms with E-state index in [0.717, 1.165) is 28.4 Å². The fourth-order valence-electron chi connectivity index (χ4n) is 2.36. The molecular formula is C15H12O3. The van der Waals surface area contributed by atoms with Crippen molar-refractivity contribution in [1.82, 2.24) is 0 Å². The molecule has 1 aromatic carbocycles. The smallest absolute Gasteiger partial charge is 0.150 e. The van der Waals surface area contributed by atoms with Crippen LogP contribution < -0.4 is 0 Å². The van der Waals surface area contributed by atoms with Crippen LogP contribution in [0.2, 0.25) is 0 Å². The van der Waals surface area contributed by atoms with Gasteiger partial charge >= 0.3 is 0 Å². The number of furan rings is 1. The molecule has 0 unspecified atom stereocenters. The summed E-state index contributed by atoms with van der Waals surface area (Å²) in [5.74, 6) is 0.630. The Bertz CT molecular complexity index is 674. The zero-order valence-corrected chi connectivity index (χ0v) is 9.72. The van der Waals surface area contributed by atoms with Crippen LogP contribution in [-0.4, -0.2) is 11.4 Å². The minimum Gasteiger partial charge on any atom is -0.456 e. The Labute approximate surface area is 104 Å². The summed E-state index contributed by atoms with van der Waals surface area (Å²) in [7, 11) is 0. The predicted molar refractivity (Wildman–Crippen MR) is 68.9 cm³/mol. The standard InChI is InChI=1S/C15H12O3/c16-8-10-4-3-6-11(10)15-13(9-17)12-5-1-2-7-14(12)18-15/h1-5,7-8,17H,6,9H2. The zero-order chi connectivity index (χ0) is 12.5. The Kier molecular flexibility index (Phi) is 2.61. The Morgan fingerprint density at radius 3 is 2.94 bits per heavy atom. The first-order valence-electron chi connectivity index (χ1n) is 5.81. The predicted octanol–water partition coefficient (Wildman–Crippen LogP) is 2.84. The SMILES string of the molecule is O=CC1=C(c2oc3ccccc3c2CO)CC=C1. The maximum Gasteiger partial charge on any atom is 0.150 e. The fraction of sp³-hybridized carbons (Fsp3) is 0.133. The number of para-hydroxylation sites is 1. The van der Waals surface area contributed by atoms with E-state index in [0.29, 0.717) is 17.8 Å². The lowest BCUT2D eigenvalue weighted by Crippen LogP contribution is -1.91. The first kappa shape index (κ1) is 11.0. The molecule has 0 spiro atoms. The van der Waals surface area contributed by atoms with E-state index in [9.17, 15) is 9.90 Å².